The maximum Gasteiger partial charge on any atom is 0.338 e. The summed E-state index contributed by atoms with van der Waals surface area (Å²) in [5.41, 5.74) is -5.83. The van der Waals surface area contributed by atoms with Crippen molar-refractivity contribution < 1.29 is 53.0 Å². The van der Waals surface area contributed by atoms with Crippen LogP contribution in [0.25, 0.3) is 0 Å². The van der Waals surface area contributed by atoms with Crippen molar-refractivity contribution >= 4 is 17.7 Å². The molecule has 0 aromatic heterocycles. The summed E-state index contributed by atoms with van der Waals surface area (Å²) in [4.78, 5) is 41.9. The number of unbranched alkanes of at least 4 members (excludes halogenated alkanes) is 18. The van der Waals surface area contributed by atoms with E-state index < -0.39 is 82.3 Å². The van der Waals surface area contributed by atoms with Crippen LogP contribution in [0.15, 0.2) is 54.1 Å². The number of epoxide rings is 1. The van der Waals surface area contributed by atoms with Crippen molar-refractivity contribution in [2.75, 3.05) is 20.0 Å². The number of fused-ring (bicyclic) bond motifs is 7. The Morgan fingerprint density at radius 1 is 0.828 bits per heavy atom. The standard InChI is InChI=1S/C53H80O11/c1-7-9-11-13-15-16-17-18-19-20-21-23-28-32-42(54)59-35-50-46(64-50)43-47-52(37(3)4,62-36-60-47)45(63-48(56)40-30-26-25-27-31-40)39(6)53(43,61-33-29-24-22-14-12-10-8-2)41-34-38(5)44(55)51(41,58)49(50)57/h25-27,30-31,34,39,41,43,45-47,49,57-58H,3,7-24,28-29,32-33,35-36H2,1-2,4-6H3/t39-,41+,43-,45-,46-,47+,49+,50-,51-,52+,53+/m0/s1. The molecule has 5 aliphatic rings. The summed E-state index contributed by atoms with van der Waals surface area (Å²) in [5.74, 6) is -4.36. The monoisotopic (exact) mass is 893 g/mol. The highest BCUT2D eigenvalue weighted by Crippen LogP contribution is 2.68. The largest absolute Gasteiger partial charge is 0.462 e. The molecule has 2 N–H and O–H groups in total. The normalized spacial score (nSPS) is 33.6. The van der Waals surface area contributed by atoms with E-state index in [9.17, 15) is 24.6 Å². The summed E-state index contributed by atoms with van der Waals surface area (Å²) < 4.78 is 39.5. The number of carbonyl (C=O) groups excluding carboxylic acids is 3. The number of hydrogen-bond acceptors (Lipinski definition) is 11. The maximum absolute atomic E-state index is 14.4. The number of rotatable bonds is 28. The molecule has 0 unspecified atom stereocenters. The molecule has 64 heavy (non-hydrogen) atoms. The van der Waals surface area contributed by atoms with E-state index in [2.05, 4.69) is 20.4 Å². The van der Waals surface area contributed by atoms with Gasteiger partial charge in [0.2, 0.25) is 0 Å². The van der Waals surface area contributed by atoms with Crippen molar-refractivity contribution in [3.63, 3.8) is 0 Å². The first-order valence-electron chi connectivity index (χ1n) is 25.2. The van der Waals surface area contributed by atoms with E-state index in [0.717, 1.165) is 44.9 Å². The Morgan fingerprint density at radius 3 is 1.97 bits per heavy atom. The predicted molar refractivity (Wildman–Crippen MR) is 245 cm³/mol. The van der Waals surface area contributed by atoms with Gasteiger partial charge in [-0.15, -0.1) is 0 Å². The molecular formula is C53H80O11. The van der Waals surface area contributed by atoms with Crippen LogP contribution in [0.2, 0.25) is 0 Å². The molecule has 2 saturated carbocycles. The Balaban J connectivity index is 1.24. The minimum atomic E-state index is -2.43. The van der Waals surface area contributed by atoms with E-state index in [1.807, 2.05) is 19.9 Å². The van der Waals surface area contributed by atoms with Gasteiger partial charge >= 0.3 is 11.9 Å². The second-order valence-electron chi connectivity index (χ2n) is 19.8. The number of aliphatic hydroxyl groups is 2. The van der Waals surface area contributed by atoms with Crippen molar-refractivity contribution in [3.8, 4) is 0 Å². The summed E-state index contributed by atoms with van der Waals surface area (Å²) in [7, 11) is 0. The number of ketones is 1. The Kier molecular flexibility index (Phi) is 17.9. The molecule has 11 heteroatoms. The van der Waals surface area contributed by atoms with E-state index in [4.69, 9.17) is 28.4 Å². The molecule has 11 atom stereocenters. The fraction of sp³-hybridized carbons (Fsp3) is 0.755. The topological polar surface area (TPSA) is 150 Å². The van der Waals surface area contributed by atoms with Crippen LogP contribution in [0.1, 0.15) is 180 Å². The van der Waals surface area contributed by atoms with Crippen LogP contribution in [0.3, 0.4) is 0 Å². The quantitative estimate of drug-likeness (QED) is 0.0358. The maximum atomic E-state index is 14.4. The van der Waals surface area contributed by atoms with Crippen LogP contribution < -0.4 is 0 Å². The van der Waals surface area contributed by atoms with Crippen LogP contribution in [0.4, 0.5) is 0 Å². The smallest absolute Gasteiger partial charge is 0.338 e. The van der Waals surface area contributed by atoms with E-state index >= 15 is 0 Å². The number of ether oxygens (including phenoxy) is 6. The van der Waals surface area contributed by atoms with Gasteiger partial charge in [0.1, 0.15) is 37.8 Å². The minimum absolute atomic E-state index is 0.160. The Hall–Kier alpha value is -2.93. The molecule has 3 aliphatic carbocycles. The molecule has 2 saturated heterocycles. The van der Waals surface area contributed by atoms with E-state index in [1.165, 1.54) is 70.6 Å². The molecule has 4 fully saturated rings. The van der Waals surface area contributed by atoms with E-state index in [1.54, 1.807) is 37.3 Å². The summed E-state index contributed by atoms with van der Waals surface area (Å²) in [6.07, 6.45) is 20.0. The minimum Gasteiger partial charge on any atom is -0.462 e. The lowest BCUT2D eigenvalue weighted by atomic mass is 9.53. The predicted octanol–water partition coefficient (Wildman–Crippen LogP) is 10.1. The molecule has 2 heterocycles. The highest BCUT2D eigenvalue weighted by molar-refractivity contribution is 6.05. The lowest BCUT2D eigenvalue weighted by molar-refractivity contribution is -0.274. The SMILES string of the molecule is C=C(C)[C@]12OCO[C@@H]1[C@@H]1[C@@H]3O[C@]3(COC(=O)CCCCCCCCCCCCCCC)[C@@H](O)[C@@]3(O)C(=O)C(C)=C[C@H]3[C@]1(OCCCCCCCCC)[C@@H](C)[C@@H]2OC(=O)c1ccccc1. The van der Waals surface area contributed by atoms with Gasteiger partial charge in [-0.25, -0.2) is 4.79 Å². The Bertz CT molecular complexity index is 1750. The fourth-order valence-electron chi connectivity index (χ4n) is 11.8. The average Bonchev–Trinajstić information content (AvgIpc) is 3.76. The van der Waals surface area contributed by atoms with Crippen molar-refractivity contribution in [2.45, 2.75) is 216 Å². The van der Waals surface area contributed by atoms with Gasteiger partial charge in [-0.2, -0.15) is 0 Å². The molecule has 2 aliphatic heterocycles. The third-order valence-electron chi connectivity index (χ3n) is 15.4. The molecular weight excluding hydrogens is 813 g/mol. The lowest BCUT2D eigenvalue weighted by Gasteiger charge is -2.60. The second kappa shape index (κ2) is 22.7. The van der Waals surface area contributed by atoms with Gasteiger partial charge in [-0.3, -0.25) is 9.59 Å². The second-order valence-corrected chi connectivity index (χ2v) is 19.8. The third kappa shape index (κ3) is 10.0. The number of esters is 2. The molecule has 0 amide bonds. The third-order valence-corrected chi connectivity index (χ3v) is 15.4. The van der Waals surface area contributed by atoms with Crippen molar-refractivity contribution in [1.29, 1.82) is 0 Å². The highest BCUT2D eigenvalue weighted by Gasteiger charge is 2.86. The van der Waals surface area contributed by atoms with Gasteiger partial charge in [0.25, 0.3) is 0 Å². The molecule has 0 radical (unpaired) electrons. The molecule has 0 bridgehead atoms. The molecule has 1 aromatic carbocycles. The van der Waals surface area contributed by atoms with Gasteiger partial charge in [-0.05, 0) is 50.0 Å². The number of carbonyl (C=O) groups is 3. The van der Waals surface area contributed by atoms with Crippen LogP contribution in [0.5, 0.6) is 0 Å². The molecule has 6 rings (SSSR count). The zero-order valence-corrected chi connectivity index (χ0v) is 39.8. The number of Topliss-reactive ketones (excluding diaryl/α,β-unsaturated/α-hetero) is 1. The van der Waals surface area contributed by atoms with Crippen molar-refractivity contribution in [3.05, 3.63) is 59.7 Å². The number of benzene rings is 1. The van der Waals surface area contributed by atoms with Crippen LogP contribution >= 0.6 is 0 Å². The van der Waals surface area contributed by atoms with Crippen LogP contribution in [-0.2, 0) is 38.0 Å². The van der Waals surface area contributed by atoms with Gasteiger partial charge < -0.3 is 38.6 Å². The number of aliphatic hydroxyl groups excluding tert-OH is 1. The zero-order valence-electron chi connectivity index (χ0n) is 39.8. The Morgan fingerprint density at radius 2 is 1.39 bits per heavy atom. The van der Waals surface area contributed by atoms with Gasteiger partial charge in [0.15, 0.2) is 22.6 Å². The highest BCUT2D eigenvalue weighted by atomic mass is 16.7. The zero-order chi connectivity index (χ0) is 46.0. The van der Waals surface area contributed by atoms with Gasteiger partial charge in [-0.1, -0.05) is 167 Å². The molecule has 1 aromatic rings. The average molecular weight is 893 g/mol. The number of hydrogen-bond donors (Lipinski definition) is 2. The molecule has 0 spiro atoms. The summed E-state index contributed by atoms with van der Waals surface area (Å²) in [5, 5.41) is 25.6. The van der Waals surface area contributed by atoms with Gasteiger partial charge in [0.05, 0.1) is 11.2 Å². The van der Waals surface area contributed by atoms with Gasteiger partial charge in [0, 0.05) is 30.8 Å². The first kappa shape index (κ1) is 50.5. The summed E-state index contributed by atoms with van der Waals surface area (Å²) in [6.45, 7) is 13.9. The Labute approximate surface area is 383 Å². The van der Waals surface area contributed by atoms with Crippen molar-refractivity contribution in [1.82, 2.24) is 0 Å². The van der Waals surface area contributed by atoms with Crippen molar-refractivity contribution in [2.24, 2.45) is 17.8 Å². The first-order valence-corrected chi connectivity index (χ1v) is 25.2. The van der Waals surface area contributed by atoms with Crippen LogP contribution in [0, 0.1) is 17.8 Å². The fourth-order valence-corrected chi connectivity index (χ4v) is 11.8. The lowest BCUT2D eigenvalue weighted by Crippen LogP contribution is -2.76. The van der Waals surface area contributed by atoms with Crippen LogP contribution in [-0.4, -0.2) is 94.8 Å². The summed E-state index contributed by atoms with van der Waals surface area (Å²) in [6, 6.07) is 8.70. The summed E-state index contributed by atoms with van der Waals surface area (Å²) >= 11 is 0. The van der Waals surface area contributed by atoms with E-state index in [-0.39, 0.29) is 32.0 Å². The molecule has 358 valence electrons. The van der Waals surface area contributed by atoms with E-state index in [0.29, 0.717) is 24.0 Å². The molecule has 11 nitrogen and oxygen atoms in total. The first-order chi connectivity index (χ1) is 30.9.